The van der Waals surface area contributed by atoms with Crippen LogP contribution in [0.5, 0.6) is 5.75 Å². The molecule has 1 amide bonds. The highest BCUT2D eigenvalue weighted by molar-refractivity contribution is 9.08. The Hall–Kier alpha value is -2.90. The van der Waals surface area contributed by atoms with Gasteiger partial charge in [-0.15, -0.1) is 0 Å². The molecule has 190 valence electrons. The smallest absolute Gasteiger partial charge is 0.414 e. The van der Waals surface area contributed by atoms with Crippen LogP contribution in [0.4, 0.5) is 19.4 Å². The molecule has 1 unspecified atom stereocenters. The summed E-state index contributed by atoms with van der Waals surface area (Å²) in [6.07, 6.45) is 0.312. The number of rotatable bonds is 7. The topological polar surface area (TPSA) is 114 Å². The van der Waals surface area contributed by atoms with Gasteiger partial charge in [0.1, 0.15) is 5.58 Å². The standard InChI is InChI=1S/C20H19BrF2N4O5S.C2H6/c1-24-33(30)26-18-17(23)10(4-5-25-18)6-12-13(9-21)11-7-14(22)16(32-20(29)27(2)3)8-15(11)31-19(12)28;1-2/h4-5,7-8,24H,6,9H2,1-3H3,(H,25,26);1-2H3. The van der Waals surface area contributed by atoms with Crippen LogP contribution >= 0.6 is 15.9 Å². The zero-order valence-electron chi connectivity index (χ0n) is 19.7. The molecule has 1 aromatic carbocycles. The molecule has 3 aromatic rings. The molecule has 0 bridgehead atoms. The van der Waals surface area contributed by atoms with E-state index in [2.05, 4.69) is 30.4 Å². The van der Waals surface area contributed by atoms with Crippen molar-refractivity contribution >= 4 is 50.0 Å². The Kier molecular flexibility index (Phi) is 10.3. The van der Waals surface area contributed by atoms with Crippen molar-refractivity contribution in [3.05, 3.63) is 63.1 Å². The van der Waals surface area contributed by atoms with E-state index in [1.54, 1.807) is 0 Å². The number of nitrogens with one attached hydrogen (secondary N) is 2. The zero-order chi connectivity index (χ0) is 26.3. The Bertz CT molecular complexity index is 1300. The average molecular weight is 575 g/mol. The van der Waals surface area contributed by atoms with E-state index in [9.17, 15) is 22.6 Å². The highest BCUT2D eigenvalue weighted by atomic mass is 79.9. The number of carbonyl (C=O) groups excluding carboxylic acids is 1. The first-order chi connectivity index (χ1) is 16.7. The molecular weight excluding hydrogens is 550 g/mol. The van der Waals surface area contributed by atoms with E-state index < -0.39 is 40.3 Å². The summed E-state index contributed by atoms with van der Waals surface area (Å²) in [5, 5.41) is 0.398. The van der Waals surface area contributed by atoms with Gasteiger partial charge >= 0.3 is 11.7 Å². The van der Waals surface area contributed by atoms with Crippen molar-refractivity contribution in [2.75, 3.05) is 25.9 Å². The molecule has 2 N–H and O–H groups in total. The average Bonchev–Trinajstić information content (AvgIpc) is 2.84. The van der Waals surface area contributed by atoms with Gasteiger partial charge < -0.3 is 14.1 Å². The maximum atomic E-state index is 14.9. The molecule has 0 saturated heterocycles. The SMILES string of the molecule is CC.CNS(=O)Nc1nccc(Cc2c(CBr)c3cc(F)c(OC(=O)N(C)C)cc3oc2=O)c1F. The highest BCUT2D eigenvalue weighted by Crippen LogP contribution is 2.30. The van der Waals surface area contributed by atoms with E-state index in [4.69, 9.17) is 9.15 Å². The van der Waals surface area contributed by atoms with Crippen LogP contribution in [0.15, 0.2) is 33.6 Å². The van der Waals surface area contributed by atoms with Crippen molar-refractivity contribution in [1.82, 2.24) is 14.6 Å². The van der Waals surface area contributed by atoms with Crippen LogP contribution < -0.4 is 19.8 Å². The zero-order valence-corrected chi connectivity index (χ0v) is 22.1. The normalized spacial score (nSPS) is 11.4. The van der Waals surface area contributed by atoms with Crippen molar-refractivity contribution in [2.45, 2.75) is 25.6 Å². The first kappa shape index (κ1) is 28.3. The number of carbonyl (C=O) groups is 1. The minimum atomic E-state index is -1.76. The van der Waals surface area contributed by atoms with E-state index in [0.717, 1.165) is 17.0 Å². The molecule has 2 aromatic heterocycles. The molecule has 13 heteroatoms. The number of amides is 1. The number of pyridine rings is 1. The third kappa shape index (κ3) is 6.61. The van der Waals surface area contributed by atoms with Gasteiger partial charge in [-0.05, 0) is 30.3 Å². The van der Waals surface area contributed by atoms with Crippen LogP contribution in [-0.4, -0.2) is 41.3 Å². The van der Waals surface area contributed by atoms with Crippen LogP contribution in [0.2, 0.25) is 0 Å². The van der Waals surface area contributed by atoms with Gasteiger partial charge in [-0.3, -0.25) is 4.72 Å². The van der Waals surface area contributed by atoms with Crippen LogP contribution in [-0.2, 0) is 22.9 Å². The number of aromatic nitrogens is 1. The van der Waals surface area contributed by atoms with Gasteiger partial charge in [0, 0.05) is 49.1 Å². The summed E-state index contributed by atoms with van der Waals surface area (Å²) in [5.41, 5.74) is -0.190. The molecule has 2 heterocycles. The third-order valence-corrected chi connectivity index (χ3v) is 5.89. The molecule has 9 nitrogen and oxygen atoms in total. The Morgan fingerprint density at radius 3 is 2.54 bits per heavy atom. The lowest BCUT2D eigenvalue weighted by atomic mass is 9.99. The molecule has 0 saturated carbocycles. The summed E-state index contributed by atoms with van der Waals surface area (Å²) in [4.78, 5) is 29.4. The number of hydrogen-bond donors (Lipinski definition) is 2. The summed E-state index contributed by atoms with van der Waals surface area (Å²) in [6.45, 7) is 4.00. The van der Waals surface area contributed by atoms with Crippen molar-refractivity contribution in [3.8, 4) is 5.75 Å². The fraction of sp³-hybridized carbons (Fsp3) is 0.318. The minimum Gasteiger partial charge on any atom is -0.422 e. The van der Waals surface area contributed by atoms with Gasteiger partial charge in [0.25, 0.3) is 0 Å². The van der Waals surface area contributed by atoms with Crippen molar-refractivity contribution in [2.24, 2.45) is 0 Å². The van der Waals surface area contributed by atoms with Crippen molar-refractivity contribution in [1.29, 1.82) is 0 Å². The van der Waals surface area contributed by atoms with E-state index in [1.807, 2.05) is 13.8 Å². The maximum absolute atomic E-state index is 14.9. The van der Waals surface area contributed by atoms with Gasteiger partial charge in [-0.2, -0.15) is 0 Å². The molecule has 0 radical (unpaired) electrons. The summed E-state index contributed by atoms with van der Waals surface area (Å²) >= 11 is 1.54. The van der Waals surface area contributed by atoms with Crippen LogP contribution in [0, 0.1) is 11.6 Å². The Balaban J connectivity index is 0.00000210. The second-order valence-corrected chi connectivity index (χ2v) is 8.62. The second kappa shape index (κ2) is 12.7. The number of fused-ring (bicyclic) bond motifs is 1. The quantitative estimate of drug-likeness (QED) is 0.322. The van der Waals surface area contributed by atoms with Gasteiger partial charge in [0.2, 0.25) is 0 Å². The van der Waals surface area contributed by atoms with Crippen LogP contribution in [0.25, 0.3) is 11.0 Å². The molecular formula is C22H25BrF2N4O5S. The van der Waals surface area contributed by atoms with E-state index in [1.165, 1.54) is 33.4 Å². The van der Waals surface area contributed by atoms with Gasteiger partial charge in [-0.25, -0.2) is 32.3 Å². The highest BCUT2D eigenvalue weighted by Gasteiger charge is 2.21. The van der Waals surface area contributed by atoms with Gasteiger partial charge in [0.15, 0.2) is 34.4 Å². The molecule has 0 fully saturated rings. The molecule has 0 aliphatic rings. The fourth-order valence-electron chi connectivity index (χ4n) is 2.92. The molecule has 0 aliphatic carbocycles. The number of anilines is 1. The largest absolute Gasteiger partial charge is 0.422 e. The number of hydrogen-bond acceptors (Lipinski definition) is 6. The van der Waals surface area contributed by atoms with Crippen LogP contribution in [0.3, 0.4) is 0 Å². The van der Waals surface area contributed by atoms with E-state index in [-0.39, 0.29) is 39.7 Å². The Labute approximate surface area is 211 Å². The molecule has 35 heavy (non-hydrogen) atoms. The lowest BCUT2D eigenvalue weighted by Crippen LogP contribution is -2.25. The Morgan fingerprint density at radius 1 is 1.26 bits per heavy atom. The third-order valence-electron chi connectivity index (χ3n) is 4.58. The van der Waals surface area contributed by atoms with Crippen molar-refractivity contribution < 1.29 is 26.9 Å². The first-order valence-electron chi connectivity index (χ1n) is 10.4. The number of nitrogens with zero attached hydrogens (tertiary/aromatic N) is 2. The predicted octanol–water partition coefficient (Wildman–Crippen LogP) is 4.25. The molecule has 3 rings (SSSR count). The summed E-state index contributed by atoms with van der Waals surface area (Å²) in [6, 6.07) is 3.57. The predicted molar refractivity (Wildman–Crippen MR) is 134 cm³/mol. The minimum absolute atomic E-state index is 0.00290. The maximum Gasteiger partial charge on any atom is 0.414 e. The van der Waals surface area contributed by atoms with Crippen LogP contribution in [0.1, 0.15) is 30.5 Å². The monoisotopic (exact) mass is 574 g/mol. The second-order valence-electron chi connectivity index (χ2n) is 6.91. The first-order valence-corrected chi connectivity index (χ1v) is 12.7. The molecule has 1 atom stereocenters. The number of benzene rings is 1. The number of halogens is 3. The lowest BCUT2D eigenvalue weighted by Gasteiger charge is -2.14. The summed E-state index contributed by atoms with van der Waals surface area (Å²) in [7, 11) is 4.29. The van der Waals surface area contributed by atoms with E-state index in [0.29, 0.717) is 5.56 Å². The number of ether oxygens (including phenoxy) is 1. The molecule has 0 spiro atoms. The summed E-state index contributed by atoms with van der Waals surface area (Å²) < 4.78 is 56.2. The summed E-state index contributed by atoms with van der Waals surface area (Å²) in [5.74, 6) is -2.29. The van der Waals surface area contributed by atoms with Crippen molar-refractivity contribution in [3.63, 3.8) is 0 Å². The number of alkyl halides is 1. The Morgan fingerprint density at radius 2 is 1.94 bits per heavy atom. The van der Waals surface area contributed by atoms with Gasteiger partial charge in [-0.1, -0.05) is 29.8 Å². The fourth-order valence-corrected chi connectivity index (χ4v) is 3.98. The lowest BCUT2D eigenvalue weighted by molar-refractivity contribution is 0.170. The van der Waals surface area contributed by atoms with E-state index >= 15 is 0 Å². The van der Waals surface area contributed by atoms with Gasteiger partial charge in [0.05, 0.1) is 0 Å². The molecule has 0 aliphatic heterocycles.